The van der Waals surface area contributed by atoms with E-state index in [-0.39, 0.29) is 11.9 Å². The molecule has 1 amide bonds. The Kier molecular flexibility index (Phi) is 7.16. The first-order valence-corrected chi connectivity index (χ1v) is 10.3. The van der Waals surface area contributed by atoms with Crippen molar-refractivity contribution in [1.29, 1.82) is 0 Å². The molecule has 0 bridgehead atoms. The van der Waals surface area contributed by atoms with Crippen LogP contribution >= 0.6 is 0 Å². The topological polar surface area (TPSA) is 79.0 Å². The summed E-state index contributed by atoms with van der Waals surface area (Å²) in [6, 6.07) is 4.93. The van der Waals surface area contributed by atoms with Crippen molar-refractivity contribution < 1.29 is 17.9 Å². The molecule has 1 fully saturated rings. The number of sulfonamides is 1. The number of hydrogen-bond acceptors (Lipinski definition) is 5. The zero-order valence-electron chi connectivity index (χ0n) is 16.0. The van der Waals surface area contributed by atoms with Crippen LogP contribution in [0.3, 0.4) is 0 Å². The molecule has 1 atom stereocenters. The summed E-state index contributed by atoms with van der Waals surface area (Å²) in [7, 11) is -1.91. The van der Waals surface area contributed by atoms with Crippen LogP contribution in [-0.2, 0) is 19.6 Å². The van der Waals surface area contributed by atoms with Gasteiger partial charge in [0.05, 0.1) is 17.5 Å². The van der Waals surface area contributed by atoms with Gasteiger partial charge >= 0.3 is 0 Å². The highest BCUT2D eigenvalue weighted by Gasteiger charge is 2.31. The minimum atomic E-state index is -3.50. The number of carbonyl (C=O) groups excluding carboxylic acids is 1. The molecule has 1 aromatic rings. The van der Waals surface area contributed by atoms with Crippen LogP contribution in [0.2, 0.25) is 0 Å². The Morgan fingerprint density at radius 1 is 1.19 bits per heavy atom. The van der Waals surface area contributed by atoms with Gasteiger partial charge in [0.25, 0.3) is 0 Å². The van der Waals surface area contributed by atoms with Crippen LogP contribution in [0, 0.1) is 13.8 Å². The fourth-order valence-corrected chi connectivity index (χ4v) is 4.45. The summed E-state index contributed by atoms with van der Waals surface area (Å²) < 4.78 is 32.1. The third-order valence-electron chi connectivity index (χ3n) is 4.92. The SMILES string of the molecule is COCCNC(=O)[C@H](C)N1CCN(S(=O)(=O)c2ccc(C)c(C)c2)CC1. The molecule has 0 saturated carbocycles. The minimum Gasteiger partial charge on any atom is -0.383 e. The van der Waals surface area contributed by atoms with Crippen molar-refractivity contribution in [2.75, 3.05) is 46.4 Å². The van der Waals surface area contributed by atoms with Crippen molar-refractivity contribution >= 4 is 15.9 Å². The van der Waals surface area contributed by atoms with Crippen molar-refractivity contribution in [3.8, 4) is 0 Å². The minimum absolute atomic E-state index is 0.0625. The molecule has 0 aliphatic carbocycles. The van der Waals surface area contributed by atoms with Gasteiger partial charge in [-0.05, 0) is 44.0 Å². The number of piperazine rings is 1. The second-order valence-electron chi connectivity index (χ2n) is 6.65. The van der Waals surface area contributed by atoms with E-state index < -0.39 is 10.0 Å². The van der Waals surface area contributed by atoms with Crippen molar-refractivity contribution in [3.05, 3.63) is 29.3 Å². The van der Waals surface area contributed by atoms with E-state index in [0.717, 1.165) is 11.1 Å². The molecule has 1 N–H and O–H groups in total. The summed E-state index contributed by atoms with van der Waals surface area (Å²) in [4.78, 5) is 14.5. The summed E-state index contributed by atoms with van der Waals surface area (Å²) in [6.07, 6.45) is 0. The van der Waals surface area contributed by atoms with E-state index in [9.17, 15) is 13.2 Å². The molecule has 2 rings (SSSR count). The van der Waals surface area contributed by atoms with Gasteiger partial charge in [-0.2, -0.15) is 4.31 Å². The van der Waals surface area contributed by atoms with Crippen LogP contribution in [0.5, 0.6) is 0 Å². The van der Waals surface area contributed by atoms with E-state index in [1.54, 1.807) is 19.2 Å². The Bertz CT molecular complexity index is 728. The first-order valence-electron chi connectivity index (χ1n) is 8.85. The fraction of sp³-hybridized carbons (Fsp3) is 0.611. The van der Waals surface area contributed by atoms with Crippen LogP contribution in [0.4, 0.5) is 0 Å². The van der Waals surface area contributed by atoms with Gasteiger partial charge in [0, 0.05) is 39.8 Å². The monoisotopic (exact) mass is 383 g/mol. The number of nitrogens with one attached hydrogen (secondary N) is 1. The van der Waals surface area contributed by atoms with Crippen molar-refractivity contribution in [3.63, 3.8) is 0 Å². The maximum Gasteiger partial charge on any atom is 0.243 e. The predicted molar refractivity (Wildman–Crippen MR) is 101 cm³/mol. The first-order chi connectivity index (χ1) is 12.3. The van der Waals surface area contributed by atoms with Gasteiger partial charge in [-0.15, -0.1) is 0 Å². The van der Waals surface area contributed by atoms with Gasteiger partial charge in [0.2, 0.25) is 15.9 Å². The maximum absolute atomic E-state index is 12.8. The third kappa shape index (κ3) is 4.82. The molecule has 0 spiro atoms. The van der Waals surface area contributed by atoms with E-state index in [4.69, 9.17) is 4.74 Å². The highest BCUT2D eigenvalue weighted by molar-refractivity contribution is 7.89. The number of carbonyl (C=O) groups is 1. The second-order valence-corrected chi connectivity index (χ2v) is 8.58. The smallest absolute Gasteiger partial charge is 0.243 e. The number of rotatable bonds is 7. The zero-order chi connectivity index (χ0) is 19.3. The lowest BCUT2D eigenvalue weighted by Crippen LogP contribution is -2.55. The molecule has 146 valence electrons. The van der Waals surface area contributed by atoms with Crippen LogP contribution in [0.25, 0.3) is 0 Å². The lowest BCUT2D eigenvalue weighted by Gasteiger charge is -2.36. The van der Waals surface area contributed by atoms with Crippen LogP contribution < -0.4 is 5.32 Å². The summed E-state index contributed by atoms with van der Waals surface area (Å²) >= 11 is 0. The molecule has 1 saturated heterocycles. The molecule has 0 aromatic heterocycles. The van der Waals surface area contributed by atoms with Crippen molar-refractivity contribution in [2.24, 2.45) is 0 Å². The van der Waals surface area contributed by atoms with E-state index in [2.05, 4.69) is 5.32 Å². The highest BCUT2D eigenvalue weighted by Crippen LogP contribution is 2.21. The molecule has 1 heterocycles. The molecule has 0 radical (unpaired) electrons. The van der Waals surface area contributed by atoms with Gasteiger partial charge in [0.1, 0.15) is 0 Å². The normalized spacial score (nSPS) is 17.8. The quantitative estimate of drug-likeness (QED) is 0.704. The Balaban J connectivity index is 1.96. The third-order valence-corrected chi connectivity index (χ3v) is 6.82. The number of nitrogens with zero attached hydrogens (tertiary/aromatic N) is 2. The van der Waals surface area contributed by atoms with E-state index in [0.29, 0.717) is 44.2 Å². The number of amides is 1. The largest absolute Gasteiger partial charge is 0.383 e. The Labute approximate surface area is 156 Å². The summed E-state index contributed by atoms with van der Waals surface area (Å²) in [5.41, 5.74) is 2.04. The van der Waals surface area contributed by atoms with Crippen LogP contribution in [0.1, 0.15) is 18.1 Å². The maximum atomic E-state index is 12.8. The van der Waals surface area contributed by atoms with Gasteiger partial charge in [-0.25, -0.2) is 8.42 Å². The van der Waals surface area contributed by atoms with Gasteiger partial charge in [-0.1, -0.05) is 6.07 Å². The average molecular weight is 384 g/mol. The van der Waals surface area contributed by atoms with E-state index in [1.807, 2.05) is 31.7 Å². The van der Waals surface area contributed by atoms with Gasteiger partial charge in [-0.3, -0.25) is 9.69 Å². The number of methoxy groups -OCH3 is 1. The van der Waals surface area contributed by atoms with Gasteiger partial charge < -0.3 is 10.1 Å². The molecule has 1 aliphatic rings. The standard InChI is InChI=1S/C18H29N3O4S/c1-14-5-6-17(13-15(14)2)26(23,24)21-10-8-20(9-11-21)16(3)18(22)19-7-12-25-4/h5-6,13,16H,7-12H2,1-4H3,(H,19,22)/t16-/m0/s1. The number of hydrogen-bond donors (Lipinski definition) is 1. The Morgan fingerprint density at radius 3 is 2.42 bits per heavy atom. The summed E-state index contributed by atoms with van der Waals surface area (Å²) in [5, 5.41) is 2.82. The average Bonchev–Trinajstić information content (AvgIpc) is 2.63. The Morgan fingerprint density at radius 2 is 1.85 bits per heavy atom. The number of benzene rings is 1. The fourth-order valence-electron chi connectivity index (χ4n) is 2.94. The van der Waals surface area contributed by atoms with Crippen LogP contribution in [0.15, 0.2) is 23.1 Å². The summed E-state index contributed by atoms with van der Waals surface area (Å²) in [6.45, 7) is 8.48. The highest BCUT2D eigenvalue weighted by atomic mass is 32.2. The number of ether oxygens (including phenoxy) is 1. The zero-order valence-corrected chi connectivity index (χ0v) is 16.8. The molecule has 7 nitrogen and oxygen atoms in total. The molecule has 26 heavy (non-hydrogen) atoms. The molecule has 0 unspecified atom stereocenters. The molecule has 1 aromatic carbocycles. The first kappa shape index (κ1) is 20.8. The molecular weight excluding hydrogens is 354 g/mol. The van der Waals surface area contributed by atoms with Crippen molar-refractivity contribution in [1.82, 2.24) is 14.5 Å². The van der Waals surface area contributed by atoms with Crippen molar-refractivity contribution in [2.45, 2.75) is 31.7 Å². The van der Waals surface area contributed by atoms with E-state index in [1.165, 1.54) is 4.31 Å². The molecular formula is C18H29N3O4S. The van der Waals surface area contributed by atoms with Gasteiger partial charge in [0.15, 0.2) is 0 Å². The lowest BCUT2D eigenvalue weighted by atomic mass is 10.1. The Hall–Kier alpha value is -1.48. The predicted octanol–water partition coefficient (Wildman–Crippen LogP) is 0.761. The number of aryl methyl sites for hydroxylation is 2. The summed E-state index contributed by atoms with van der Waals surface area (Å²) in [5.74, 6) is -0.0625. The van der Waals surface area contributed by atoms with Crippen LogP contribution in [-0.4, -0.2) is 76.0 Å². The lowest BCUT2D eigenvalue weighted by molar-refractivity contribution is -0.126. The molecule has 1 aliphatic heterocycles. The van der Waals surface area contributed by atoms with E-state index >= 15 is 0 Å². The molecule has 8 heteroatoms. The second kappa shape index (κ2) is 8.94.